The third-order valence-electron chi connectivity index (χ3n) is 2.14. The average Bonchev–Trinajstić information content (AvgIpc) is 2.78. The Morgan fingerprint density at radius 2 is 2.33 bits per heavy atom. The van der Waals surface area contributed by atoms with Crippen LogP contribution in [0.3, 0.4) is 0 Å². The summed E-state index contributed by atoms with van der Waals surface area (Å²) in [6, 6.07) is 6.62. The second-order valence-electron chi connectivity index (χ2n) is 3.42. The fraction of sp³-hybridized carbons (Fsp3) is 0.167. The van der Waals surface area contributed by atoms with Gasteiger partial charge in [0.1, 0.15) is 12.1 Å². The molecule has 2 rings (SSSR count). The van der Waals surface area contributed by atoms with Gasteiger partial charge in [-0.1, -0.05) is 6.07 Å². The Hall–Kier alpha value is -2.50. The van der Waals surface area contributed by atoms with E-state index in [1.54, 1.807) is 35.8 Å². The summed E-state index contributed by atoms with van der Waals surface area (Å²) in [5.41, 5.74) is 0.709. The number of carbonyl (C=O) groups excluding carboxylic acids is 1. The first-order valence-electron chi connectivity index (χ1n) is 5.37. The van der Waals surface area contributed by atoms with Gasteiger partial charge in [-0.15, -0.1) is 0 Å². The number of phenolic OH excluding ortho intramolecular Hbond substituents is 1. The largest absolute Gasteiger partial charge is 0.515 e. The van der Waals surface area contributed by atoms with Gasteiger partial charge in [-0.3, -0.25) is 0 Å². The first-order chi connectivity index (χ1) is 8.69. The summed E-state index contributed by atoms with van der Waals surface area (Å²) in [4.78, 5) is 15.0. The summed E-state index contributed by atoms with van der Waals surface area (Å²) in [6.07, 6.45) is 2.20. The summed E-state index contributed by atoms with van der Waals surface area (Å²) in [5.74, 6) is 0.283. The van der Waals surface area contributed by atoms with Crippen molar-refractivity contribution in [2.24, 2.45) is 0 Å². The number of aromatic nitrogens is 2. The zero-order chi connectivity index (χ0) is 13.0. The number of hydrogen-bond acceptors (Lipinski definition) is 5. The molecular weight excluding hydrogens is 236 g/mol. The number of ether oxygens (including phenoxy) is 2. The van der Waals surface area contributed by atoms with Crippen molar-refractivity contribution in [1.82, 2.24) is 9.55 Å². The molecular formula is C12H12N2O4. The second kappa shape index (κ2) is 5.22. The monoisotopic (exact) mass is 248 g/mol. The molecule has 1 aromatic carbocycles. The van der Waals surface area contributed by atoms with Crippen LogP contribution in [-0.4, -0.2) is 27.4 Å². The Balaban J connectivity index is 2.13. The molecule has 6 nitrogen and oxygen atoms in total. The van der Waals surface area contributed by atoms with Crippen LogP contribution in [0.25, 0.3) is 5.69 Å². The van der Waals surface area contributed by atoms with E-state index >= 15 is 0 Å². The van der Waals surface area contributed by atoms with E-state index in [1.807, 2.05) is 0 Å². The quantitative estimate of drug-likeness (QED) is 0.842. The Bertz CT molecular complexity index is 551. The van der Waals surface area contributed by atoms with Gasteiger partial charge in [0.15, 0.2) is 0 Å². The van der Waals surface area contributed by atoms with Gasteiger partial charge >= 0.3 is 6.16 Å². The first-order valence-corrected chi connectivity index (χ1v) is 5.37. The predicted octanol–water partition coefficient (Wildman–Crippen LogP) is 2.11. The van der Waals surface area contributed by atoms with Gasteiger partial charge in [0, 0.05) is 6.07 Å². The van der Waals surface area contributed by atoms with E-state index in [2.05, 4.69) is 9.72 Å². The molecule has 1 N–H and O–H groups in total. The first kappa shape index (κ1) is 12.0. The molecule has 0 unspecified atom stereocenters. The molecule has 0 amide bonds. The number of imidazole rings is 1. The van der Waals surface area contributed by atoms with E-state index < -0.39 is 6.16 Å². The number of phenols is 1. The lowest BCUT2D eigenvalue weighted by Crippen LogP contribution is -2.10. The number of carbonyl (C=O) groups is 1. The van der Waals surface area contributed by atoms with Crippen LogP contribution in [0.5, 0.6) is 11.6 Å². The number of nitrogens with zero attached hydrogens (tertiary/aromatic N) is 2. The van der Waals surface area contributed by atoms with Gasteiger partial charge in [0.2, 0.25) is 5.88 Å². The van der Waals surface area contributed by atoms with E-state index in [4.69, 9.17) is 4.74 Å². The fourth-order valence-electron chi connectivity index (χ4n) is 1.38. The smallest absolute Gasteiger partial charge is 0.508 e. The Morgan fingerprint density at radius 1 is 1.50 bits per heavy atom. The summed E-state index contributed by atoms with van der Waals surface area (Å²) >= 11 is 0. The van der Waals surface area contributed by atoms with E-state index in [1.165, 1.54) is 12.5 Å². The van der Waals surface area contributed by atoms with Gasteiger partial charge in [-0.05, 0) is 19.1 Å². The van der Waals surface area contributed by atoms with E-state index in [-0.39, 0.29) is 18.2 Å². The molecule has 0 radical (unpaired) electrons. The van der Waals surface area contributed by atoms with Crippen LogP contribution in [0.15, 0.2) is 36.8 Å². The van der Waals surface area contributed by atoms with Crippen molar-refractivity contribution in [2.45, 2.75) is 6.92 Å². The molecule has 18 heavy (non-hydrogen) atoms. The maximum Gasteiger partial charge on any atom is 0.515 e. The summed E-state index contributed by atoms with van der Waals surface area (Å²) in [6.45, 7) is 1.93. The Kier molecular flexibility index (Phi) is 3.47. The third kappa shape index (κ3) is 2.79. The van der Waals surface area contributed by atoms with Gasteiger partial charge in [0.25, 0.3) is 0 Å². The minimum absolute atomic E-state index is 0.136. The van der Waals surface area contributed by atoms with Gasteiger partial charge in [-0.25, -0.2) is 9.78 Å². The lowest BCUT2D eigenvalue weighted by atomic mass is 10.3. The predicted molar refractivity (Wildman–Crippen MR) is 62.9 cm³/mol. The lowest BCUT2D eigenvalue weighted by molar-refractivity contribution is 0.103. The van der Waals surface area contributed by atoms with Crippen molar-refractivity contribution in [1.29, 1.82) is 0 Å². The van der Waals surface area contributed by atoms with Crippen molar-refractivity contribution in [3.63, 3.8) is 0 Å². The van der Waals surface area contributed by atoms with Crippen LogP contribution in [0.1, 0.15) is 6.92 Å². The van der Waals surface area contributed by atoms with Crippen molar-refractivity contribution in [2.75, 3.05) is 6.61 Å². The molecule has 1 aromatic heterocycles. The molecule has 0 spiro atoms. The van der Waals surface area contributed by atoms with Crippen LogP contribution in [0, 0.1) is 0 Å². The molecule has 1 heterocycles. The van der Waals surface area contributed by atoms with Crippen LogP contribution >= 0.6 is 0 Å². The normalized spacial score (nSPS) is 10.1. The van der Waals surface area contributed by atoms with Crippen LogP contribution < -0.4 is 4.74 Å². The van der Waals surface area contributed by atoms with E-state index in [0.717, 1.165) is 0 Å². The molecule has 0 fully saturated rings. The molecule has 0 atom stereocenters. The topological polar surface area (TPSA) is 73.6 Å². The van der Waals surface area contributed by atoms with E-state index in [9.17, 15) is 9.90 Å². The highest BCUT2D eigenvalue weighted by Gasteiger charge is 2.08. The Labute approximate surface area is 103 Å². The number of aromatic hydroxyl groups is 1. The van der Waals surface area contributed by atoms with Crippen LogP contribution in [-0.2, 0) is 4.74 Å². The summed E-state index contributed by atoms with van der Waals surface area (Å²) in [7, 11) is 0. The second-order valence-corrected chi connectivity index (χ2v) is 3.42. The molecule has 94 valence electrons. The highest BCUT2D eigenvalue weighted by atomic mass is 16.7. The maximum atomic E-state index is 11.1. The molecule has 2 aromatic rings. The lowest BCUT2D eigenvalue weighted by Gasteiger charge is -2.02. The van der Waals surface area contributed by atoms with Crippen molar-refractivity contribution >= 4 is 6.16 Å². The molecule has 0 aliphatic heterocycles. The molecule has 0 saturated heterocycles. The van der Waals surface area contributed by atoms with Crippen LogP contribution in [0.4, 0.5) is 4.79 Å². The summed E-state index contributed by atoms with van der Waals surface area (Å²) in [5, 5.41) is 9.36. The molecule has 0 aliphatic carbocycles. The molecule has 6 heteroatoms. The highest BCUT2D eigenvalue weighted by molar-refractivity contribution is 5.62. The van der Waals surface area contributed by atoms with Crippen LogP contribution in [0.2, 0.25) is 0 Å². The maximum absolute atomic E-state index is 11.1. The van der Waals surface area contributed by atoms with Gasteiger partial charge in [-0.2, -0.15) is 0 Å². The zero-order valence-electron chi connectivity index (χ0n) is 9.74. The number of hydrogen-bond donors (Lipinski definition) is 1. The van der Waals surface area contributed by atoms with Crippen molar-refractivity contribution < 1.29 is 19.4 Å². The van der Waals surface area contributed by atoms with E-state index in [0.29, 0.717) is 5.69 Å². The molecule has 0 aliphatic rings. The minimum atomic E-state index is -0.793. The van der Waals surface area contributed by atoms with Gasteiger partial charge < -0.3 is 19.1 Å². The third-order valence-corrected chi connectivity index (χ3v) is 2.14. The minimum Gasteiger partial charge on any atom is -0.508 e. The Morgan fingerprint density at radius 3 is 3.06 bits per heavy atom. The number of benzene rings is 1. The highest BCUT2D eigenvalue weighted by Crippen LogP contribution is 2.17. The van der Waals surface area contributed by atoms with Crippen molar-refractivity contribution in [3.8, 4) is 17.3 Å². The standard InChI is InChI=1S/C12H12N2O4/c1-2-17-12(16)18-11-7-14(8-13-11)9-4-3-5-10(15)6-9/h3-8,15H,2H2,1H3. The number of rotatable bonds is 3. The molecule has 0 saturated carbocycles. The van der Waals surface area contributed by atoms with Crippen molar-refractivity contribution in [3.05, 3.63) is 36.8 Å². The zero-order valence-corrected chi connectivity index (χ0v) is 9.74. The fourth-order valence-corrected chi connectivity index (χ4v) is 1.38. The summed E-state index contributed by atoms with van der Waals surface area (Å²) < 4.78 is 11.1. The average molecular weight is 248 g/mol. The molecule has 0 bridgehead atoms. The SMILES string of the molecule is CCOC(=O)Oc1cn(-c2cccc(O)c2)cn1. The van der Waals surface area contributed by atoms with Gasteiger partial charge in [0.05, 0.1) is 18.5 Å².